The minimum atomic E-state index is -0.564. The summed E-state index contributed by atoms with van der Waals surface area (Å²) >= 11 is 12.7. The van der Waals surface area contributed by atoms with Crippen LogP contribution in [-0.4, -0.2) is 46.2 Å². The fourth-order valence-corrected chi connectivity index (χ4v) is 4.62. The molecule has 2 atom stereocenters. The maximum absolute atomic E-state index is 12.6. The fourth-order valence-electron chi connectivity index (χ4n) is 4.11. The van der Waals surface area contributed by atoms with Gasteiger partial charge in [0.1, 0.15) is 5.60 Å². The van der Waals surface area contributed by atoms with Crippen molar-refractivity contribution in [2.24, 2.45) is 0 Å². The monoisotopic (exact) mass is 477 g/mol. The Morgan fingerprint density at radius 1 is 1.16 bits per heavy atom. The highest BCUT2D eigenvalue weighted by Gasteiger charge is 2.44. The standard InChI is InChI=1S/C23H25Cl2N3O4/c1-23(2,3)32-22(30)28-8-7-18-16(11-28)19(27-21(25)26-18)15-10-14(15)13-6-5-12(9-17(13)24)20(29)31-4/h5-6,9,14-15H,7-8,10-11H2,1-4H3. The predicted molar refractivity (Wildman–Crippen MR) is 120 cm³/mol. The molecule has 1 aromatic heterocycles. The number of methoxy groups -OCH3 is 1. The summed E-state index contributed by atoms with van der Waals surface area (Å²) in [6.45, 7) is 6.45. The average Bonchev–Trinajstić information content (AvgIpc) is 3.51. The number of esters is 1. The Morgan fingerprint density at radius 2 is 1.91 bits per heavy atom. The van der Waals surface area contributed by atoms with Crippen LogP contribution < -0.4 is 0 Å². The van der Waals surface area contributed by atoms with Gasteiger partial charge in [0.15, 0.2) is 0 Å². The zero-order valence-corrected chi connectivity index (χ0v) is 20.0. The van der Waals surface area contributed by atoms with E-state index in [1.165, 1.54) is 7.11 Å². The van der Waals surface area contributed by atoms with Gasteiger partial charge in [0.2, 0.25) is 5.28 Å². The maximum atomic E-state index is 12.6. The fraction of sp³-hybridized carbons (Fsp3) is 0.478. The SMILES string of the molecule is COC(=O)c1ccc(C2CC2c2nc(Cl)nc3c2CN(C(=O)OC(C)(C)C)CC3)c(Cl)c1. The Labute approximate surface area is 197 Å². The van der Waals surface area contributed by atoms with Gasteiger partial charge in [0, 0.05) is 29.5 Å². The normalized spacial score (nSPS) is 19.9. The first-order chi connectivity index (χ1) is 15.1. The van der Waals surface area contributed by atoms with Crippen molar-refractivity contribution >= 4 is 35.3 Å². The Balaban J connectivity index is 1.58. The lowest BCUT2D eigenvalue weighted by molar-refractivity contribution is 0.0221. The van der Waals surface area contributed by atoms with Gasteiger partial charge < -0.3 is 14.4 Å². The third-order valence-electron chi connectivity index (χ3n) is 5.68. The second-order valence-electron chi connectivity index (χ2n) is 9.13. The second-order valence-corrected chi connectivity index (χ2v) is 9.88. The molecule has 2 heterocycles. The third kappa shape index (κ3) is 4.69. The molecule has 9 heteroatoms. The number of rotatable bonds is 3. The molecule has 1 aliphatic heterocycles. The molecule has 1 aliphatic carbocycles. The Bertz CT molecular complexity index is 1080. The van der Waals surface area contributed by atoms with Crippen LogP contribution in [0.2, 0.25) is 10.3 Å². The van der Waals surface area contributed by atoms with Gasteiger partial charge in [-0.3, -0.25) is 0 Å². The number of hydrogen-bond acceptors (Lipinski definition) is 6. The quantitative estimate of drug-likeness (QED) is 0.449. The van der Waals surface area contributed by atoms with Crippen LogP contribution in [0.1, 0.15) is 71.9 Å². The van der Waals surface area contributed by atoms with Crippen molar-refractivity contribution in [3.8, 4) is 0 Å². The lowest BCUT2D eigenvalue weighted by Gasteiger charge is -2.31. The second kappa shape index (κ2) is 8.52. The summed E-state index contributed by atoms with van der Waals surface area (Å²) in [4.78, 5) is 35.0. The van der Waals surface area contributed by atoms with Gasteiger partial charge in [0.25, 0.3) is 0 Å². The minimum absolute atomic E-state index is 0.115. The highest BCUT2D eigenvalue weighted by atomic mass is 35.5. The van der Waals surface area contributed by atoms with E-state index in [-0.39, 0.29) is 23.2 Å². The number of ether oxygens (including phenoxy) is 2. The number of hydrogen-bond donors (Lipinski definition) is 0. The zero-order chi connectivity index (χ0) is 23.2. The lowest BCUT2D eigenvalue weighted by Crippen LogP contribution is -2.40. The van der Waals surface area contributed by atoms with E-state index in [1.54, 1.807) is 17.0 Å². The summed E-state index contributed by atoms with van der Waals surface area (Å²) in [5.41, 5.74) is 3.46. The smallest absolute Gasteiger partial charge is 0.410 e. The van der Waals surface area contributed by atoms with Gasteiger partial charge in [-0.15, -0.1) is 0 Å². The molecule has 4 rings (SSSR count). The van der Waals surface area contributed by atoms with Crippen molar-refractivity contribution in [3.63, 3.8) is 0 Å². The highest BCUT2D eigenvalue weighted by Crippen LogP contribution is 2.57. The van der Waals surface area contributed by atoms with Crippen LogP contribution in [0, 0.1) is 0 Å². The number of amides is 1. The number of nitrogens with zero attached hydrogens (tertiary/aromatic N) is 3. The summed E-state index contributed by atoms with van der Waals surface area (Å²) in [5, 5.41) is 0.729. The molecule has 1 saturated carbocycles. The molecular formula is C23H25Cl2N3O4. The number of carbonyl (C=O) groups excluding carboxylic acids is 2. The van der Waals surface area contributed by atoms with E-state index < -0.39 is 11.6 Å². The van der Waals surface area contributed by atoms with E-state index in [0.717, 1.165) is 28.9 Å². The molecule has 1 aromatic carbocycles. The largest absolute Gasteiger partial charge is 0.465 e. The van der Waals surface area contributed by atoms with E-state index in [4.69, 9.17) is 32.7 Å². The van der Waals surface area contributed by atoms with Gasteiger partial charge in [0.05, 0.1) is 30.6 Å². The molecule has 0 saturated heterocycles. The van der Waals surface area contributed by atoms with Gasteiger partial charge in [-0.05, 0) is 62.4 Å². The number of halogens is 2. The average molecular weight is 478 g/mol. The first-order valence-corrected chi connectivity index (χ1v) is 11.2. The number of fused-ring (bicyclic) bond motifs is 1. The molecule has 2 aliphatic rings. The molecule has 7 nitrogen and oxygen atoms in total. The van der Waals surface area contributed by atoms with Gasteiger partial charge >= 0.3 is 12.1 Å². The number of aromatic nitrogens is 2. The van der Waals surface area contributed by atoms with Crippen LogP contribution in [0.4, 0.5) is 4.79 Å². The molecule has 170 valence electrons. The maximum Gasteiger partial charge on any atom is 0.410 e. The van der Waals surface area contributed by atoms with Crippen LogP contribution in [0.15, 0.2) is 18.2 Å². The summed E-state index contributed by atoms with van der Waals surface area (Å²) < 4.78 is 10.3. The molecule has 1 fully saturated rings. The molecular weight excluding hydrogens is 453 g/mol. The predicted octanol–water partition coefficient (Wildman–Crippen LogP) is 5.13. The first kappa shape index (κ1) is 22.8. The molecule has 0 spiro atoms. The van der Waals surface area contributed by atoms with Crippen molar-refractivity contribution in [3.05, 3.63) is 56.6 Å². The zero-order valence-electron chi connectivity index (χ0n) is 18.4. The Kier molecular flexibility index (Phi) is 6.07. The Hall–Kier alpha value is -2.38. The molecule has 0 bridgehead atoms. The van der Waals surface area contributed by atoms with Crippen molar-refractivity contribution in [1.29, 1.82) is 0 Å². The summed E-state index contributed by atoms with van der Waals surface area (Å²) in [6.07, 6.45) is 1.09. The van der Waals surface area contributed by atoms with Crippen molar-refractivity contribution in [2.75, 3.05) is 13.7 Å². The van der Waals surface area contributed by atoms with Gasteiger partial charge in [-0.25, -0.2) is 19.6 Å². The molecule has 1 amide bonds. The van der Waals surface area contributed by atoms with E-state index in [1.807, 2.05) is 26.8 Å². The lowest BCUT2D eigenvalue weighted by atomic mass is 9.99. The van der Waals surface area contributed by atoms with Crippen molar-refractivity contribution in [2.45, 2.75) is 57.6 Å². The van der Waals surface area contributed by atoms with Gasteiger partial charge in [-0.1, -0.05) is 17.7 Å². The summed E-state index contributed by atoms with van der Waals surface area (Å²) in [5.74, 6) is -0.157. The highest BCUT2D eigenvalue weighted by molar-refractivity contribution is 6.31. The Morgan fingerprint density at radius 3 is 2.56 bits per heavy atom. The molecule has 0 N–H and O–H groups in total. The molecule has 32 heavy (non-hydrogen) atoms. The van der Waals surface area contributed by atoms with Crippen LogP contribution in [-0.2, 0) is 22.4 Å². The van der Waals surface area contributed by atoms with E-state index >= 15 is 0 Å². The number of carbonyl (C=O) groups is 2. The summed E-state index contributed by atoms with van der Waals surface area (Å²) in [7, 11) is 1.34. The summed E-state index contributed by atoms with van der Waals surface area (Å²) in [6, 6.07) is 5.21. The van der Waals surface area contributed by atoms with Crippen LogP contribution in [0.25, 0.3) is 0 Å². The van der Waals surface area contributed by atoms with E-state index in [9.17, 15) is 9.59 Å². The van der Waals surface area contributed by atoms with Crippen LogP contribution in [0.5, 0.6) is 0 Å². The van der Waals surface area contributed by atoms with Crippen LogP contribution in [0.3, 0.4) is 0 Å². The van der Waals surface area contributed by atoms with Crippen LogP contribution >= 0.6 is 23.2 Å². The van der Waals surface area contributed by atoms with E-state index in [2.05, 4.69) is 9.97 Å². The number of benzene rings is 1. The van der Waals surface area contributed by atoms with Crippen molar-refractivity contribution in [1.82, 2.24) is 14.9 Å². The molecule has 2 unspecified atom stereocenters. The van der Waals surface area contributed by atoms with Gasteiger partial charge in [-0.2, -0.15) is 0 Å². The topological polar surface area (TPSA) is 81.6 Å². The third-order valence-corrected chi connectivity index (χ3v) is 6.18. The minimum Gasteiger partial charge on any atom is -0.465 e. The molecule has 2 aromatic rings. The molecule has 0 radical (unpaired) electrons. The van der Waals surface area contributed by atoms with E-state index in [0.29, 0.717) is 30.1 Å². The first-order valence-electron chi connectivity index (χ1n) is 10.5. The van der Waals surface area contributed by atoms with Crippen molar-refractivity contribution < 1.29 is 19.1 Å².